The highest BCUT2D eigenvalue weighted by Crippen LogP contribution is 2.41. The Morgan fingerprint density at radius 3 is 2.47 bits per heavy atom. The maximum Gasteiger partial charge on any atom is 0.416 e. The Balaban J connectivity index is 2.34. The third-order valence-corrected chi connectivity index (χ3v) is 10.9. The summed E-state index contributed by atoms with van der Waals surface area (Å²) >= 11 is 5.75. The second-order valence-electron chi connectivity index (χ2n) is 9.21. The van der Waals surface area contributed by atoms with Crippen molar-refractivity contribution >= 4 is 31.6 Å². The summed E-state index contributed by atoms with van der Waals surface area (Å²) < 4.78 is 60.9. The van der Waals surface area contributed by atoms with E-state index in [9.17, 15) is 27.5 Å². The van der Waals surface area contributed by atoms with Crippen molar-refractivity contribution in [1.82, 2.24) is 4.90 Å². The lowest BCUT2D eigenvalue weighted by atomic mass is 10.1. The fourth-order valence-corrected chi connectivity index (χ4v) is 4.77. The topological polar surface area (TPSA) is 85.6 Å². The van der Waals surface area contributed by atoms with Gasteiger partial charge in [-0.1, -0.05) is 32.4 Å². The van der Waals surface area contributed by atoms with Crippen molar-refractivity contribution < 1.29 is 31.9 Å². The molecule has 1 fully saturated rings. The van der Waals surface area contributed by atoms with Gasteiger partial charge in [0.05, 0.1) is 28.4 Å². The van der Waals surface area contributed by atoms with E-state index in [1.54, 1.807) is 6.07 Å². The van der Waals surface area contributed by atoms with Crippen LogP contribution in [-0.4, -0.2) is 55.3 Å². The number of nitrogens with one attached hydrogen (secondary N) is 1. The number of amides is 2. The Bertz CT molecular complexity index is 915. The number of benzene rings is 1. The number of carbonyl (C=O) groups excluding carboxylic acids is 1. The van der Waals surface area contributed by atoms with Gasteiger partial charge in [-0.25, -0.2) is 9.18 Å². The summed E-state index contributed by atoms with van der Waals surface area (Å²) in [5.74, 6) is -1.08. The SMILES string of the molecule is CC(C)(C)[Si](C)(C)O[C@@H]1CCN(C(=O)Nc2ccc(C#N)c(Cl)c2F)[C@@H]1[C@@H](O)C(F)(F)F. The number of hydrogen-bond acceptors (Lipinski definition) is 4. The minimum atomic E-state index is -4.99. The Hall–Kier alpha value is -1.87. The molecule has 178 valence electrons. The maximum absolute atomic E-state index is 14.4. The molecular formula is C20H26ClF4N3O3Si. The van der Waals surface area contributed by atoms with Crippen LogP contribution in [-0.2, 0) is 4.43 Å². The predicted molar refractivity (Wildman–Crippen MR) is 114 cm³/mol. The van der Waals surface area contributed by atoms with Crippen LogP contribution >= 0.6 is 11.6 Å². The van der Waals surface area contributed by atoms with Gasteiger partial charge in [-0.15, -0.1) is 0 Å². The Morgan fingerprint density at radius 2 is 1.97 bits per heavy atom. The Kier molecular flexibility index (Phi) is 7.56. The minimum Gasteiger partial charge on any atom is -0.412 e. The molecule has 0 spiro atoms. The largest absolute Gasteiger partial charge is 0.416 e. The van der Waals surface area contributed by atoms with E-state index in [1.807, 2.05) is 33.9 Å². The first-order chi connectivity index (χ1) is 14.5. The van der Waals surface area contributed by atoms with Crippen LogP contribution in [0.5, 0.6) is 0 Å². The summed E-state index contributed by atoms with van der Waals surface area (Å²) in [5.41, 5.74) is -0.551. The monoisotopic (exact) mass is 495 g/mol. The van der Waals surface area contributed by atoms with Crippen molar-refractivity contribution in [2.75, 3.05) is 11.9 Å². The smallest absolute Gasteiger partial charge is 0.412 e. The summed E-state index contributed by atoms with van der Waals surface area (Å²) in [6, 6.07) is 1.20. The fourth-order valence-electron chi connectivity index (χ4n) is 3.19. The zero-order chi connectivity index (χ0) is 24.6. The first-order valence-corrected chi connectivity index (χ1v) is 13.2. The highest BCUT2D eigenvalue weighted by molar-refractivity contribution is 6.74. The van der Waals surface area contributed by atoms with Crippen LogP contribution in [0.25, 0.3) is 0 Å². The van der Waals surface area contributed by atoms with Crippen molar-refractivity contribution in [1.29, 1.82) is 5.26 Å². The van der Waals surface area contributed by atoms with Gasteiger partial charge in [0.2, 0.25) is 0 Å². The number of alkyl halides is 3. The van der Waals surface area contributed by atoms with E-state index >= 15 is 0 Å². The molecule has 1 aliphatic heterocycles. The summed E-state index contributed by atoms with van der Waals surface area (Å²) in [5, 5.41) is 20.3. The summed E-state index contributed by atoms with van der Waals surface area (Å²) in [7, 11) is -2.53. The van der Waals surface area contributed by atoms with Gasteiger partial charge in [0.25, 0.3) is 0 Å². The maximum atomic E-state index is 14.4. The van der Waals surface area contributed by atoms with Crippen LogP contribution in [0.3, 0.4) is 0 Å². The third kappa shape index (κ3) is 5.36. The number of hydrogen-bond donors (Lipinski definition) is 2. The molecule has 6 nitrogen and oxygen atoms in total. The van der Waals surface area contributed by atoms with E-state index in [4.69, 9.17) is 21.3 Å². The average Bonchev–Trinajstić information content (AvgIpc) is 3.06. The van der Waals surface area contributed by atoms with E-state index in [0.717, 1.165) is 11.0 Å². The van der Waals surface area contributed by atoms with E-state index in [0.29, 0.717) is 0 Å². The van der Waals surface area contributed by atoms with Gasteiger partial charge in [-0.2, -0.15) is 18.4 Å². The zero-order valence-electron chi connectivity index (χ0n) is 18.3. The van der Waals surface area contributed by atoms with Crippen molar-refractivity contribution in [3.8, 4) is 6.07 Å². The van der Waals surface area contributed by atoms with E-state index in [2.05, 4.69) is 5.32 Å². The summed E-state index contributed by atoms with van der Waals surface area (Å²) in [4.78, 5) is 13.6. The lowest BCUT2D eigenvalue weighted by Gasteiger charge is -2.41. The van der Waals surface area contributed by atoms with Crippen LogP contribution in [0.2, 0.25) is 23.2 Å². The molecule has 2 amide bonds. The average molecular weight is 496 g/mol. The number of aliphatic hydroxyl groups excluding tert-OH is 1. The highest BCUT2D eigenvalue weighted by atomic mass is 35.5. The number of likely N-dealkylation sites (tertiary alicyclic amines) is 1. The van der Waals surface area contributed by atoms with E-state index in [-0.39, 0.29) is 23.6 Å². The highest BCUT2D eigenvalue weighted by Gasteiger charge is 2.54. The number of halogens is 5. The molecule has 1 saturated heterocycles. The zero-order valence-corrected chi connectivity index (χ0v) is 20.1. The van der Waals surface area contributed by atoms with Gasteiger partial charge >= 0.3 is 12.2 Å². The molecular weight excluding hydrogens is 470 g/mol. The molecule has 2 rings (SSSR count). The van der Waals surface area contributed by atoms with Crippen LogP contribution in [0.15, 0.2) is 12.1 Å². The van der Waals surface area contributed by atoms with Crippen molar-refractivity contribution in [3.63, 3.8) is 0 Å². The van der Waals surface area contributed by atoms with Gasteiger partial charge in [-0.3, -0.25) is 0 Å². The van der Waals surface area contributed by atoms with Crippen molar-refractivity contribution in [3.05, 3.63) is 28.5 Å². The summed E-state index contributed by atoms with van der Waals surface area (Å²) in [6.45, 7) is 9.36. The van der Waals surface area contributed by atoms with Gasteiger partial charge in [0, 0.05) is 6.54 Å². The fraction of sp³-hybridized carbons (Fsp3) is 0.600. The van der Waals surface area contributed by atoms with Gasteiger partial charge in [-0.05, 0) is 36.7 Å². The molecule has 0 radical (unpaired) electrons. The standard InChI is InChI=1S/C20H26ClF4N3O3Si/c1-19(2,3)32(4,5)31-13-8-9-28(16(13)17(29)20(23,24)25)18(30)27-12-7-6-11(10-26)14(21)15(12)22/h6-7,13,16-17,29H,8-9H2,1-5H3,(H,27,30)/t13-,16+,17-/m1/s1. The van der Waals surface area contributed by atoms with Gasteiger partial charge in [0.15, 0.2) is 20.2 Å². The molecule has 0 bridgehead atoms. The number of anilines is 1. The minimum absolute atomic E-state index is 0.0777. The number of urea groups is 1. The van der Waals surface area contributed by atoms with Crippen LogP contribution in [0.1, 0.15) is 32.8 Å². The van der Waals surface area contributed by atoms with Crippen LogP contribution < -0.4 is 5.32 Å². The molecule has 0 unspecified atom stereocenters. The molecule has 0 aromatic heterocycles. The Morgan fingerprint density at radius 1 is 1.38 bits per heavy atom. The van der Waals surface area contributed by atoms with E-state index in [1.165, 1.54) is 6.07 Å². The summed E-state index contributed by atoms with van der Waals surface area (Å²) in [6.07, 6.45) is -8.81. The quantitative estimate of drug-likeness (QED) is 0.440. The first kappa shape index (κ1) is 26.4. The lowest BCUT2D eigenvalue weighted by Crippen LogP contribution is -2.57. The number of rotatable bonds is 4. The number of aliphatic hydroxyl groups is 1. The van der Waals surface area contributed by atoms with Crippen LogP contribution in [0, 0.1) is 17.1 Å². The molecule has 2 N–H and O–H groups in total. The molecule has 1 aliphatic rings. The molecule has 1 aromatic carbocycles. The van der Waals surface area contributed by atoms with Gasteiger partial charge in [0.1, 0.15) is 6.07 Å². The van der Waals surface area contributed by atoms with Crippen molar-refractivity contribution in [2.24, 2.45) is 0 Å². The van der Waals surface area contributed by atoms with Crippen molar-refractivity contribution in [2.45, 2.75) is 69.8 Å². The van der Waals surface area contributed by atoms with Crippen LogP contribution in [0.4, 0.5) is 28.0 Å². The normalized spacial score (nSPS) is 20.8. The number of carbonyl (C=O) groups is 1. The molecule has 1 aromatic rings. The third-order valence-electron chi connectivity index (χ3n) is 6.01. The second-order valence-corrected chi connectivity index (χ2v) is 14.3. The van der Waals surface area contributed by atoms with E-state index < -0.39 is 55.3 Å². The first-order valence-electron chi connectivity index (χ1n) is 9.89. The molecule has 0 aliphatic carbocycles. The van der Waals surface area contributed by atoms with Gasteiger partial charge < -0.3 is 19.7 Å². The number of nitriles is 1. The molecule has 12 heteroatoms. The molecule has 1 heterocycles. The lowest BCUT2D eigenvalue weighted by molar-refractivity contribution is -0.222. The molecule has 3 atom stereocenters. The number of nitrogens with zero attached hydrogens (tertiary/aromatic N) is 2. The molecule has 0 saturated carbocycles. The Labute approximate surface area is 190 Å². The predicted octanol–water partition coefficient (Wildman–Crippen LogP) is 5.27. The second kappa shape index (κ2) is 9.17. The molecule has 32 heavy (non-hydrogen) atoms.